The Hall–Kier alpha value is -3.21. The van der Waals surface area contributed by atoms with Gasteiger partial charge in [-0.3, -0.25) is 4.79 Å². The van der Waals surface area contributed by atoms with E-state index in [2.05, 4.69) is 4.98 Å². The van der Waals surface area contributed by atoms with Gasteiger partial charge in [-0.25, -0.2) is 22.5 Å². The number of aromatic nitrogens is 2. The molecule has 0 atom stereocenters. The van der Waals surface area contributed by atoms with Crippen LogP contribution in [0.3, 0.4) is 0 Å². The molecule has 6 nitrogen and oxygen atoms in total. The smallest absolute Gasteiger partial charge is 0.305 e. The van der Waals surface area contributed by atoms with Crippen LogP contribution >= 0.6 is 0 Å². The molecule has 0 fully saturated rings. The number of imidazole rings is 1. The van der Waals surface area contributed by atoms with Crippen molar-refractivity contribution in [2.75, 3.05) is 0 Å². The van der Waals surface area contributed by atoms with Crippen LogP contribution in [0.2, 0.25) is 0 Å². The van der Waals surface area contributed by atoms with Crippen LogP contribution in [0.25, 0.3) is 5.69 Å². The van der Waals surface area contributed by atoms with Gasteiger partial charge in [-0.05, 0) is 30.3 Å². The summed E-state index contributed by atoms with van der Waals surface area (Å²) in [7, 11) is -4.15. The van der Waals surface area contributed by atoms with E-state index in [0.717, 1.165) is 23.2 Å². The van der Waals surface area contributed by atoms with Crippen molar-refractivity contribution in [1.29, 1.82) is 0 Å². The van der Waals surface area contributed by atoms with Crippen LogP contribution in [0.5, 0.6) is 0 Å². The van der Waals surface area contributed by atoms with Crippen molar-refractivity contribution in [3.8, 4) is 5.69 Å². The zero-order chi connectivity index (χ0) is 20.5. The van der Waals surface area contributed by atoms with Crippen LogP contribution in [-0.4, -0.2) is 23.9 Å². The molecule has 0 bridgehead atoms. The minimum absolute atomic E-state index is 0.150. The molecule has 2 aromatic carbocycles. The number of carbonyl (C=O) groups is 1. The lowest BCUT2D eigenvalue weighted by molar-refractivity contribution is -0.137. The van der Waals surface area contributed by atoms with Crippen molar-refractivity contribution in [2.24, 2.45) is 0 Å². The van der Waals surface area contributed by atoms with Crippen LogP contribution in [0.4, 0.5) is 17.6 Å². The highest BCUT2D eigenvalue weighted by atomic mass is 32.2. The van der Waals surface area contributed by atoms with Crippen LogP contribution in [0, 0.1) is 5.82 Å². The molecule has 3 aromatic rings. The van der Waals surface area contributed by atoms with Gasteiger partial charge in [0.25, 0.3) is 15.9 Å². The Morgan fingerprint density at radius 3 is 2.39 bits per heavy atom. The van der Waals surface area contributed by atoms with Gasteiger partial charge in [-0.1, -0.05) is 18.2 Å². The minimum atomic E-state index is -4.76. The van der Waals surface area contributed by atoms with E-state index >= 15 is 0 Å². The molecule has 3 rings (SSSR count). The molecule has 1 aromatic heterocycles. The Morgan fingerprint density at radius 2 is 1.75 bits per heavy atom. The number of carbonyl (C=O) groups excluding carboxylic acids is 1. The average Bonchev–Trinajstić information content (AvgIpc) is 3.11. The zero-order valence-electron chi connectivity index (χ0n) is 13.8. The first-order valence-electron chi connectivity index (χ1n) is 7.60. The number of nitrogens with zero attached hydrogens (tertiary/aromatic N) is 2. The second-order valence-electron chi connectivity index (χ2n) is 5.61. The average molecular weight is 413 g/mol. The first-order chi connectivity index (χ1) is 13.1. The van der Waals surface area contributed by atoms with E-state index in [4.69, 9.17) is 0 Å². The fourth-order valence-electron chi connectivity index (χ4n) is 2.30. The standard InChI is InChI=1S/C17H11F4N3O3S/c18-12-6-11(17(19,20)21)7-13(8-12)24-9-15(22-10-24)16(25)23-28(26,27)14-4-2-1-3-5-14/h1-10H,(H,23,25). The number of nitrogens with one attached hydrogen (secondary N) is 1. The van der Waals surface area contributed by atoms with Crippen LogP contribution in [0.15, 0.2) is 66.0 Å². The zero-order valence-corrected chi connectivity index (χ0v) is 14.6. The molecule has 0 spiro atoms. The number of rotatable bonds is 4. The molecular weight excluding hydrogens is 402 g/mol. The van der Waals surface area contributed by atoms with Crippen molar-refractivity contribution in [3.05, 3.63) is 78.1 Å². The van der Waals surface area contributed by atoms with E-state index in [1.165, 1.54) is 24.3 Å². The highest BCUT2D eigenvalue weighted by Gasteiger charge is 2.31. The van der Waals surface area contributed by atoms with E-state index in [9.17, 15) is 30.8 Å². The number of amides is 1. The molecule has 11 heteroatoms. The van der Waals surface area contributed by atoms with Gasteiger partial charge in [0, 0.05) is 11.9 Å². The number of halogens is 4. The fraction of sp³-hybridized carbons (Fsp3) is 0.0588. The van der Waals surface area contributed by atoms with Crippen molar-refractivity contribution < 1.29 is 30.8 Å². The van der Waals surface area contributed by atoms with Gasteiger partial charge in [0.1, 0.15) is 17.8 Å². The molecule has 0 aliphatic carbocycles. The Bertz CT molecular complexity index is 1130. The third kappa shape index (κ3) is 4.19. The Balaban J connectivity index is 1.87. The SMILES string of the molecule is O=C(NS(=O)(=O)c1ccccc1)c1cn(-c2cc(F)cc(C(F)(F)F)c2)cn1. The molecular formula is C17H11F4N3O3S. The number of hydrogen-bond acceptors (Lipinski definition) is 4. The molecule has 0 aliphatic rings. The molecule has 0 saturated heterocycles. The minimum Gasteiger partial charge on any atom is -0.305 e. The Kier molecular flexibility index (Phi) is 4.94. The van der Waals surface area contributed by atoms with Crippen LogP contribution in [0.1, 0.15) is 16.1 Å². The fourth-order valence-corrected chi connectivity index (χ4v) is 3.28. The molecule has 28 heavy (non-hydrogen) atoms. The van der Waals surface area contributed by atoms with E-state index in [1.54, 1.807) is 10.8 Å². The summed E-state index contributed by atoms with van der Waals surface area (Å²) in [6.45, 7) is 0. The Labute approximate surface area is 156 Å². The Morgan fingerprint density at radius 1 is 1.07 bits per heavy atom. The summed E-state index contributed by atoms with van der Waals surface area (Å²) < 4.78 is 79.1. The summed E-state index contributed by atoms with van der Waals surface area (Å²) in [5, 5.41) is 0. The topological polar surface area (TPSA) is 81.1 Å². The summed E-state index contributed by atoms with van der Waals surface area (Å²) in [4.78, 5) is 15.7. The highest BCUT2D eigenvalue weighted by Crippen LogP contribution is 2.31. The molecule has 0 radical (unpaired) electrons. The summed E-state index contributed by atoms with van der Waals surface area (Å²) >= 11 is 0. The van der Waals surface area contributed by atoms with E-state index in [0.29, 0.717) is 12.1 Å². The largest absolute Gasteiger partial charge is 0.416 e. The third-order valence-electron chi connectivity index (χ3n) is 3.60. The predicted molar refractivity (Wildman–Crippen MR) is 89.6 cm³/mol. The van der Waals surface area contributed by atoms with Gasteiger partial charge >= 0.3 is 6.18 Å². The first kappa shape index (κ1) is 19.5. The quantitative estimate of drug-likeness (QED) is 0.667. The summed E-state index contributed by atoms with van der Waals surface area (Å²) in [6.07, 6.45) is -2.80. The maximum Gasteiger partial charge on any atom is 0.416 e. The highest BCUT2D eigenvalue weighted by molar-refractivity contribution is 7.90. The summed E-state index contributed by atoms with van der Waals surface area (Å²) in [6, 6.07) is 8.91. The first-order valence-corrected chi connectivity index (χ1v) is 9.09. The predicted octanol–water partition coefficient (Wildman–Crippen LogP) is 3.15. The van der Waals surface area contributed by atoms with E-state index in [1.807, 2.05) is 0 Å². The van der Waals surface area contributed by atoms with Crippen molar-refractivity contribution >= 4 is 15.9 Å². The van der Waals surface area contributed by atoms with Crippen LogP contribution < -0.4 is 4.72 Å². The van der Waals surface area contributed by atoms with Gasteiger partial charge in [0.2, 0.25) is 0 Å². The molecule has 0 saturated carbocycles. The van der Waals surface area contributed by atoms with Crippen LogP contribution in [-0.2, 0) is 16.2 Å². The van der Waals surface area contributed by atoms with Crippen molar-refractivity contribution in [1.82, 2.24) is 14.3 Å². The molecule has 0 aliphatic heterocycles. The number of benzene rings is 2. The van der Waals surface area contributed by atoms with E-state index < -0.39 is 33.5 Å². The molecule has 1 heterocycles. The maximum atomic E-state index is 13.5. The summed E-state index contributed by atoms with van der Waals surface area (Å²) in [5.74, 6) is -2.22. The summed E-state index contributed by atoms with van der Waals surface area (Å²) in [5.41, 5.74) is -1.82. The number of hydrogen-bond donors (Lipinski definition) is 1. The maximum absolute atomic E-state index is 13.5. The lowest BCUT2D eigenvalue weighted by atomic mass is 10.2. The van der Waals surface area contributed by atoms with E-state index in [-0.39, 0.29) is 16.3 Å². The number of sulfonamides is 1. The number of alkyl halides is 3. The third-order valence-corrected chi connectivity index (χ3v) is 4.95. The van der Waals surface area contributed by atoms with Crippen molar-refractivity contribution in [3.63, 3.8) is 0 Å². The normalized spacial score (nSPS) is 12.0. The van der Waals surface area contributed by atoms with Gasteiger partial charge in [-0.2, -0.15) is 13.2 Å². The second kappa shape index (κ2) is 7.08. The lowest BCUT2D eigenvalue weighted by Crippen LogP contribution is -2.30. The lowest BCUT2D eigenvalue weighted by Gasteiger charge is -2.09. The van der Waals surface area contributed by atoms with Gasteiger partial charge < -0.3 is 4.57 Å². The second-order valence-corrected chi connectivity index (χ2v) is 7.29. The monoisotopic (exact) mass is 413 g/mol. The van der Waals surface area contributed by atoms with Gasteiger partial charge in [0.05, 0.1) is 10.5 Å². The molecule has 146 valence electrons. The van der Waals surface area contributed by atoms with Gasteiger partial charge in [0.15, 0.2) is 0 Å². The van der Waals surface area contributed by atoms with Gasteiger partial charge in [-0.15, -0.1) is 0 Å². The molecule has 1 N–H and O–H groups in total. The van der Waals surface area contributed by atoms with Crippen molar-refractivity contribution in [2.45, 2.75) is 11.1 Å². The molecule has 1 amide bonds. The molecule has 0 unspecified atom stereocenters.